The normalized spacial score (nSPS) is 15.1. The van der Waals surface area contributed by atoms with Crippen molar-refractivity contribution in [3.05, 3.63) is 60.2 Å². The van der Waals surface area contributed by atoms with Gasteiger partial charge in [0.15, 0.2) is 11.5 Å². The third-order valence-corrected chi connectivity index (χ3v) is 5.30. The molecule has 0 aromatic carbocycles. The van der Waals surface area contributed by atoms with Crippen LogP contribution in [0.5, 0.6) is 0 Å². The lowest BCUT2D eigenvalue weighted by Crippen LogP contribution is -2.27. The number of hydrogen-bond donors (Lipinski definition) is 3. The van der Waals surface area contributed by atoms with Crippen molar-refractivity contribution >= 4 is 29.1 Å². The summed E-state index contributed by atoms with van der Waals surface area (Å²) in [6.45, 7) is 0.652. The van der Waals surface area contributed by atoms with Gasteiger partial charge in [-0.15, -0.1) is 0 Å². The van der Waals surface area contributed by atoms with Gasteiger partial charge in [0.1, 0.15) is 17.8 Å². The quantitative estimate of drug-likeness (QED) is 0.496. The Hall–Kier alpha value is -3.95. The van der Waals surface area contributed by atoms with Crippen LogP contribution in [0.1, 0.15) is 58.3 Å². The highest BCUT2D eigenvalue weighted by molar-refractivity contribution is 6.06. The minimum absolute atomic E-state index is 0.142. The first-order chi connectivity index (χ1) is 15.7. The molecule has 2 aliphatic carbocycles. The number of carbonyl (C=O) groups excluding carboxylic acids is 2. The summed E-state index contributed by atoms with van der Waals surface area (Å²) in [5.41, 5.74) is 1.76. The zero-order valence-electron chi connectivity index (χ0n) is 17.3. The van der Waals surface area contributed by atoms with Crippen LogP contribution in [0.3, 0.4) is 0 Å². The molecule has 0 saturated heterocycles. The molecule has 2 saturated carbocycles. The first kappa shape index (κ1) is 20.0. The summed E-state index contributed by atoms with van der Waals surface area (Å²) in [6.07, 6.45) is 10.6. The molecule has 3 aromatic heterocycles. The fourth-order valence-corrected chi connectivity index (χ4v) is 3.18. The van der Waals surface area contributed by atoms with E-state index in [0.717, 1.165) is 31.4 Å². The third kappa shape index (κ3) is 4.85. The Kier molecular flexibility index (Phi) is 5.40. The average molecular weight is 430 g/mol. The van der Waals surface area contributed by atoms with E-state index in [0.29, 0.717) is 29.9 Å². The van der Waals surface area contributed by atoms with E-state index >= 15 is 0 Å². The fraction of sp³-hybridized carbons (Fsp3) is 0.318. The number of pyridine rings is 1. The summed E-state index contributed by atoms with van der Waals surface area (Å²) < 4.78 is 0. The number of aromatic nitrogens is 5. The maximum Gasteiger partial charge on any atom is 0.279 e. The predicted molar refractivity (Wildman–Crippen MR) is 117 cm³/mol. The summed E-state index contributed by atoms with van der Waals surface area (Å²) in [4.78, 5) is 46.6. The van der Waals surface area contributed by atoms with Crippen molar-refractivity contribution < 1.29 is 9.59 Å². The molecule has 5 rings (SSSR count). The van der Waals surface area contributed by atoms with Gasteiger partial charge < -0.3 is 16.0 Å². The number of amides is 2. The molecule has 3 heterocycles. The third-order valence-electron chi connectivity index (χ3n) is 5.30. The van der Waals surface area contributed by atoms with Crippen molar-refractivity contribution in [2.24, 2.45) is 5.92 Å². The number of carbonyl (C=O) groups is 2. The van der Waals surface area contributed by atoms with Crippen molar-refractivity contribution in [1.29, 1.82) is 0 Å². The van der Waals surface area contributed by atoms with Crippen LogP contribution in [-0.2, 0) is 0 Å². The summed E-state index contributed by atoms with van der Waals surface area (Å²) >= 11 is 0. The molecular weight excluding hydrogens is 408 g/mol. The largest absolute Gasteiger partial charge is 0.350 e. The Morgan fingerprint density at radius 2 is 1.78 bits per heavy atom. The first-order valence-electron chi connectivity index (χ1n) is 10.6. The summed E-state index contributed by atoms with van der Waals surface area (Å²) in [5, 5.41) is 8.66. The maximum absolute atomic E-state index is 13.1. The van der Waals surface area contributed by atoms with Crippen molar-refractivity contribution in [2.75, 3.05) is 17.2 Å². The van der Waals surface area contributed by atoms with Crippen LogP contribution in [0, 0.1) is 5.92 Å². The van der Waals surface area contributed by atoms with E-state index in [4.69, 9.17) is 0 Å². The maximum atomic E-state index is 13.1. The van der Waals surface area contributed by atoms with Gasteiger partial charge in [-0.3, -0.25) is 9.59 Å². The Bertz CT molecular complexity index is 1150. The van der Waals surface area contributed by atoms with E-state index < -0.39 is 5.91 Å². The molecule has 162 valence electrons. The molecule has 3 N–H and O–H groups in total. The van der Waals surface area contributed by atoms with E-state index in [9.17, 15) is 9.59 Å². The van der Waals surface area contributed by atoms with Gasteiger partial charge >= 0.3 is 0 Å². The molecule has 2 aliphatic rings. The second-order valence-corrected chi connectivity index (χ2v) is 8.03. The van der Waals surface area contributed by atoms with Crippen LogP contribution in [-0.4, -0.2) is 43.3 Å². The number of rotatable bonds is 8. The monoisotopic (exact) mass is 430 g/mol. The number of nitrogens with zero attached hydrogens (tertiary/aromatic N) is 5. The second kappa shape index (κ2) is 8.66. The summed E-state index contributed by atoms with van der Waals surface area (Å²) in [7, 11) is 0. The van der Waals surface area contributed by atoms with E-state index in [2.05, 4.69) is 40.9 Å². The second-order valence-electron chi connectivity index (χ2n) is 8.03. The topological polar surface area (TPSA) is 135 Å². The SMILES string of the molecule is O=C(NCC1CC1)c1cccc(NC(=O)c2nc(C3CC3)cnc2Nc2cncnc2)n1. The van der Waals surface area contributed by atoms with Crippen LogP contribution in [0.25, 0.3) is 0 Å². The standard InChI is InChI=1S/C22H22N8O2/c31-21(26-8-13-4-5-13)16-2-1-3-18(28-16)30-22(32)19-20(27-15-9-23-12-24-10-15)25-11-17(29-19)14-6-7-14/h1-3,9-14H,4-8H2,(H,25,27)(H,26,31)(H,28,30,32). The van der Waals surface area contributed by atoms with Crippen LogP contribution in [0.2, 0.25) is 0 Å². The summed E-state index contributed by atoms with van der Waals surface area (Å²) in [5.74, 6) is 0.735. The highest BCUT2D eigenvalue weighted by Gasteiger charge is 2.28. The molecule has 0 aliphatic heterocycles. The lowest BCUT2D eigenvalue weighted by Gasteiger charge is -2.12. The molecule has 2 fully saturated rings. The van der Waals surface area contributed by atoms with Crippen molar-refractivity contribution in [3.8, 4) is 0 Å². The van der Waals surface area contributed by atoms with E-state index in [1.165, 1.54) is 6.33 Å². The smallest absolute Gasteiger partial charge is 0.279 e. The first-order valence-corrected chi connectivity index (χ1v) is 10.6. The molecule has 0 unspecified atom stereocenters. The van der Waals surface area contributed by atoms with Gasteiger partial charge in [0.25, 0.3) is 11.8 Å². The minimum Gasteiger partial charge on any atom is -0.350 e. The molecule has 0 bridgehead atoms. The van der Waals surface area contributed by atoms with Crippen molar-refractivity contribution in [1.82, 2.24) is 30.2 Å². The fourth-order valence-electron chi connectivity index (χ4n) is 3.18. The van der Waals surface area contributed by atoms with E-state index in [1.54, 1.807) is 36.8 Å². The lowest BCUT2D eigenvalue weighted by atomic mass is 10.2. The Morgan fingerprint density at radius 3 is 2.53 bits per heavy atom. The molecule has 10 nitrogen and oxygen atoms in total. The highest BCUT2D eigenvalue weighted by Crippen LogP contribution is 2.39. The van der Waals surface area contributed by atoms with Gasteiger partial charge in [-0.1, -0.05) is 6.07 Å². The molecule has 0 spiro atoms. The van der Waals surface area contributed by atoms with Gasteiger partial charge in [0, 0.05) is 12.5 Å². The zero-order chi connectivity index (χ0) is 21.9. The average Bonchev–Trinajstić information content (AvgIpc) is 3.72. The van der Waals surface area contributed by atoms with Gasteiger partial charge in [0.05, 0.1) is 30.0 Å². The molecule has 0 atom stereocenters. The van der Waals surface area contributed by atoms with Crippen LogP contribution < -0.4 is 16.0 Å². The van der Waals surface area contributed by atoms with Gasteiger partial charge in [-0.2, -0.15) is 0 Å². The Labute approximate surface area is 184 Å². The van der Waals surface area contributed by atoms with Gasteiger partial charge in [-0.05, 0) is 43.7 Å². The predicted octanol–water partition coefficient (Wildman–Crippen LogP) is 2.67. The van der Waals surface area contributed by atoms with Crippen molar-refractivity contribution in [3.63, 3.8) is 0 Å². The molecule has 3 aromatic rings. The van der Waals surface area contributed by atoms with Crippen LogP contribution >= 0.6 is 0 Å². The number of nitrogens with one attached hydrogen (secondary N) is 3. The Morgan fingerprint density at radius 1 is 0.969 bits per heavy atom. The van der Waals surface area contributed by atoms with E-state index in [-0.39, 0.29) is 23.1 Å². The molecule has 32 heavy (non-hydrogen) atoms. The van der Waals surface area contributed by atoms with Crippen LogP contribution in [0.15, 0.2) is 43.1 Å². The number of hydrogen-bond acceptors (Lipinski definition) is 8. The Balaban J connectivity index is 1.35. The molecule has 2 amide bonds. The highest BCUT2D eigenvalue weighted by atomic mass is 16.2. The molecular formula is C22H22N8O2. The summed E-state index contributed by atoms with van der Waals surface area (Å²) in [6, 6.07) is 4.93. The zero-order valence-corrected chi connectivity index (χ0v) is 17.3. The minimum atomic E-state index is -0.470. The van der Waals surface area contributed by atoms with Crippen LogP contribution in [0.4, 0.5) is 17.3 Å². The van der Waals surface area contributed by atoms with Crippen molar-refractivity contribution in [2.45, 2.75) is 31.6 Å². The van der Waals surface area contributed by atoms with E-state index in [1.807, 2.05) is 0 Å². The molecule has 0 radical (unpaired) electrons. The molecule has 10 heteroatoms. The van der Waals surface area contributed by atoms with Gasteiger partial charge in [0.2, 0.25) is 0 Å². The lowest BCUT2D eigenvalue weighted by molar-refractivity contribution is 0.0945. The number of anilines is 3. The van der Waals surface area contributed by atoms with Gasteiger partial charge in [-0.25, -0.2) is 24.9 Å².